The third-order valence-corrected chi connectivity index (χ3v) is 3.53. The molecule has 0 amide bonds. The van der Waals surface area contributed by atoms with Crippen LogP contribution in [0.15, 0.2) is 36.4 Å². The van der Waals surface area contributed by atoms with Crippen molar-refractivity contribution in [3.8, 4) is 11.6 Å². The predicted molar refractivity (Wildman–Crippen MR) is 86.0 cm³/mol. The van der Waals surface area contributed by atoms with Crippen LogP contribution < -0.4 is 10.1 Å². The fourth-order valence-electron chi connectivity index (χ4n) is 1.73. The molecule has 0 aliphatic carbocycles. The molecule has 2 aromatic rings. The summed E-state index contributed by atoms with van der Waals surface area (Å²) < 4.78 is 43.2. The standard InChI is InChI=1S/C15H13Cl2F3N2O2/c16-7-10(23)8-21-9-4-5-12(11(17)6-9)24-14-3-1-2-13(22-14)15(18,19)20/h1-6,10,21,23H,7-8H2. The van der Waals surface area contributed by atoms with Crippen molar-refractivity contribution in [3.05, 3.63) is 47.1 Å². The summed E-state index contributed by atoms with van der Waals surface area (Å²) in [5, 5.41) is 12.5. The van der Waals surface area contributed by atoms with Gasteiger partial charge in [0.1, 0.15) is 11.4 Å². The molecule has 0 saturated carbocycles. The van der Waals surface area contributed by atoms with Crippen molar-refractivity contribution in [2.45, 2.75) is 12.3 Å². The number of nitrogens with one attached hydrogen (secondary N) is 1. The first-order valence-corrected chi connectivity index (χ1v) is 7.70. The summed E-state index contributed by atoms with van der Waals surface area (Å²) >= 11 is 11.5. The summed E-state index contributed by atoms with van der Waals surface area (Å²) in [5.41, 5.74) is -0.446. The molecular formula is C15H13Cl2F3N2O2. The largest absolute Gasteiger partial charge is 0.437 e. The molecule has 0 bridgehead atoms. The van der Waals surface area contributed by atoms with Gasteiger partial charge in [-0.3, -0.25) is 0 Å². The zero-order valence-electron chi connectivity index (χ0n) is 12.1. The number of rotatable bonds is 6. The van der Waals surface area contributed by atoms with E-state index in [1.807, 2.05) is 0 Å². The molecule has 2 N–H and O–H groups in total. The number of aliphatic hydroxyl groups excluding tert-OH is 1. The maximum Gasteiger partial charge on any atom is 0.433 e. The Bertz CT molecular complexity index is 699. The second-order valence-corrected chi connectivity index (χ2v) is 5.51. The van der Waals surface area contributed by atoms with Crippen molar-refractivity contribution in [1.29, 1.82) is 0 Å². The highest BCUT2D eigenvalue weighted by Crippen LogP contribution is 2.33. The van der Waals surface area contributed by atoms with Crippen LogP contribution in [0.25, 0.3) is 0 Å². The molecule has 0 spiro atoms. The van der Waals surface area contributed by atoms with E-state index in [-0.39, 0.29) is 29.1 Å². The SMILES string of the molecule is OC(CCl)CNc1ccc(Oc2cccc(C(F)(F)F)n2)c(Cl)c1. The zero-order valence-corrected chi connectivity index (χ0v) is 13.7. The predicted octanol–water partition coefficient (Wildman–Crippen LogP) is 4.56. The molecule has 0 fully saturated rings. The molecule has 0 radical (unpaired) electrons. The fraction of sp³-hybridized carbons (Fsp3) is 0.267. The first-order chi connectivity index (χ1) is 11.3. The molecule has 130 valence electrons. The van der Waals surface area contributed by atoms with E-state index >= 15 is 0 Å². The summed E-state index contributed by atoms with van der Waals surface area (Å²) in [6.45, 7) is 0.231. The number of aromatic nitrogens is 1. The van der Waals surface area contributed by atoms with Crippen molar-refractivity contribution in [2.75, 3.05) is 17.7 Å². The third-order valence-electron chi connectivity index (χ3n) is 2.88. The number of aliphatic hydroxyl groups is 1. The van der Waals surface area contributed by atoms with Crippen molar-refractivity contribution in [3.63, 3.8) is 0 Å². The van der Waals surface area contributed by atoms with E-state index in [2.05, 4.69) is 10.3 Å². The van der Waals surface area contributed by atoms with Gasteiger partial charge in [-0.25, -0.2) is 4.98 Å². The van der Waals surface area contributed by atoms with E-state index in [9.17, 15) is 18.3 Å². The maximum absolute atomic E-state index is 12.6. The van der Waals surface area contributed by atoms with Gasteiger partial charge in [-0.2, -0.15) is 13.2 Å². The lowest BCUT2D eigenvalue weighted by molar-refractivity contribution is -0.141. The highest BCUT2D eigenvalue weighted by atomic mass is 35.5. The average molecular weight is 381 g/mol. The Kier molecular flexibility index (Phi) is 6.15. The molecule has 24 heavy (non-hydrogen) atoms. The van der Waals surface area contributed by atoms with E-state index < -0.39 is 18.0 Å². The Labute approximate surface area is 146 Å². The van der Waals surface area contributed by atoms with Crippen LogP contribution in [0.2, 0.25) is 5.02 Å². The summed E-state index contributed by atoms with van der Waals surface area (Å²) in [6.07, 6.45) is -5.27. The third kappa shape index (κ3) is 5.15. The van der Waals surface area contributed by atoms with Crippen LogP contribution in [-0.2, 0) is 6.18 Å². The number of halogens is 5. The van der Waals surface area contributed by atoms with Gasteiger partial charge in [-0.05, 0) is 24.3 Å². The molecule has 1 unspecified atom stereocenters. The lowest BCUT2D eigenvalue weighted by Crippen LogP contribution is -2.20. The fourth-order valence-corrected chi connectivity index (χ4v) is 2.05. The summed E-state index contributed by atoms with van der Waals surface area (Å²) in [5.74, 6) is 0.0281. The van der Waals surface area contributed by atoms with Crippen LogP contribution in [0, 0.1) is 0 Å². The van der Waals surface area contributed by atoms with Crippen LogP contribution in [-0.4, -0.2) is 28.6 Å². The second-order valence-electron chi connectivity index (χ2n) is 4.80. The van der Waals surface area contributed by atoms with E-state index in [4.69, 9.17) is 27.9 Å². The molecule has 9 heteroatoms. The molecule has 0 saturated heterocycles. The number of ether oxygens (including phenoxy) is 1. The number of hydrogen-bond donors (Lipinski definition) is 2. The molecule has 1 aromatic carbocycles. The van der Waals surface area contributed by atoms with Crippen molar-refractivity contribution < 1.29 is 23.0 Å². The normalized spacial score (nSPS) is 12.8. The number of nitrogens with zero attached hydrogens (tertiary/aromatic N) is 1. The van der Waals surface area contributed by atoms with Crippen molar-refractivity contribution in [1.82, 2.24) is 4.98 Å². The lowest BCUT2D eigenvalue weighted by Gasteiger charge is -2.13. The topological polar surface area (TPSA) is 54.4 Å². The van der Waals surface area contributed by atoms with E-state index in [1.165, 1.54) is 24.3 Å². The van der Waals surface area contributed by atoms with Gasteiger partial charge in [0.25, 0.3) is 0 Å². The number of pyridine rings is 1. The van der Waals surface area contributed by atoms with Gasteiger partial charge in [0.2, 0.25) is 5.88 Å². The smallest absolute Gasteiger partial charge is 0.433 e. The van der Waals surface area contributed by atoms with E-state index in [0.29, 0.717) is 5.69 Å². The number of anilines is 1. The van der Waals surface area contributed by atoms with Gasteiger partial charge in [0.05, 0.1) is 17.0 Å². The quantitative estimate of drug-likeness (QED) is 0.721. The Morgan fingerprint density at radius 1 is 1.25 bits per heavy atom. The highest BCUT2D eigenvalue weighted by molar-refractivity contribution is 6.32. The van der Waals surface area contributed by atoms with Gasteiger partial charge < -0.3 is 15.2 Å². The number of hydrogen-bond acceptors (Lipinski definition) is 4. The Morgan fingerprint density at radius 3 is 2.62 bits per heavy atom. The molecule has 2 rings (SSSR count). The molecule has 4 nitrogen and oxygen atoms in total. The Morgan fingerprint density at radius 2 is 2.00 bits per heavy atom. The zero-order chi connectivity index (χ0) is 17.7. The van der Waals surface area contributed by atoms with Crippen LogP contribution in [0.5, 0.6) is 11.6 Å². The average Bonchev–Trinajstić information content (AvgIpc) is 2.54. The van der Waals surface area contributed by atoms with Crippen LogP contribution >= 0.6 is 23.2 Å². The maximum atomic E-state index is 12.6. The summed E-state index contributed by atoms with van der Waals surface area (Å²) in [7, 11) is 0. The second kappa shape index (κ2) is 7.92. The van der Waals surface area contributed by atoms with Gasteiger partial charge in [0, 0.05) is 18.3 Å². The summed E-state index contributed by atoms with van der Waals surface area (Å²) in [4.78, 5) is 3.40. The first kappa shape index (κ1) is 18.6. The molecule has 0 aliphatic heterocycles. The number of benzene rings is 1. The highest BCUT2D eigenvalue weighted by Gasteiger charge is 2.32. The van der Waals surface area contributed by atoms with Crippen LogP contribution in [0.3, 0.4) is 0 Å². The van der Waals surface area contributed by atoms with Crippen LogP contribution in [0.4, 0.5) is 18.9 Å². The van der Waals surface area contributed by atoms with Crippen LogP contribution in [0.1, 0.15) is 5.69 Å². The van der Waals surface area contributed by atoms with Gasteiger partial charge in [0.15, 0.2) is 0 Å². The van der Waals surface area contributed by atoms with E-state index in [0.717, 1.165) is 6.07 Å². The lowest BCUT2D eigenvalue weighted by atomic mass is 10.3. The minimum atomic E-state index is -4.56. The monoisotopic (exact) mass is 380 g/mol. The Hall–Kier alpha value is -1.70. The van der Waals surface area contributed by atoms with E-state index in [1.54, 1.807) is 6.07 Å². The number of alkyl halides is 4. The molecule has 1 aromatic heterocycles. The molecule has 1 atom stereocenters. The molecular weight excluding hydrogens is 368 g/mol. The minimum Gasteiger partial charge on any atom is -0.437 e. The Balaban J connectivity index is 2.11. The van der Waals surface area contributed by atoms with Crippen molar-refractivity contribution in [2.24, 2.45) is 0 Å². The first-order valence-electron chi connectivity index (χ1n) is 6.79. The van der Waals surface area contributed by atoms with Gasteiger partial charge >= 0.3 is 6.18 Å². The minimum absolute atomic E-state index is 0.0865. The summed E-state index contributed by atoms with van der Waals surface area (Å²) in [6, 6.07) is 7.96. The van der Waals surface area contributed by atoms with Gasteiger partial charge in [-0.15, -0.1) is 11.6 Å². The molecule has 0 aliphatic rings. The van der Waals surface area contributed by atoms with Gasteiger partial charge in [-0.1, -0.05) is 17.7 Å². The van der Waals surface area contributed by atoms with Crippen molar-refractivity contribution >= 4 is 28.9 Å². The molecule has 1 heterocycles.